The smallest absolute Gasteiger partial charge is 0.236 e. The molecule has 6 nitrogen and oxygen atoms in total. The van der Waals surface area contributed by atoms with Gasteiger partial charge in [0, 0.05) is 6.20 Å². The first-order valence-corrected chi connectivity index (χ1v) is 4.63. The van der Waals surface area contributed by atoms with Gasteiger partial charge >= 0.3 is 0 Å². The topological polar surface area (TPSA) is 87.2 Å². The molecule has 78 valence electrons. The molecule has 1 aromatic rings. The van der Waals surface area contributed by atoms with Gasteiger partial charge in [0.2, 0.25) is 5.88 Å². The molecular weight excluding hydrogens is 206 g/mol. The fourth-order valence-electron chi connectivity index (χ4n) is 1.62. The van der Waals surface area contributed by atoms with Crippen LogP contribution >= 0.6 is 0 Å². The maximum absolute atomic E-state index is 9.72. The molecular formula is C10H7N5O. The Morgan fingerprint density at radius 2 is 2.12 bits per heavy atom. The molecule has 0 saturated carbocycles. The van der Waals surface area contributed by atoms with Crippen molar-refractivity contribution in [2.24, 2.45) is 0 Å². The third-order valence-corrected chi connectivity index (χ3v) is 2.34. The highest BCUT2D eigenvalue weighted by Crippen LogP contribution is 2.21. The van der Waals surface area contributed by atoms with Crippen molar-refractivity contribution in [3.8, 4) is 17.4 Å². The lowest BCUT2D eigenvalue weighted by Crippen LogP contribution is -2.16. The van der Waals surface area contributed by atoms with Crippen LogP contribution in [0.4, 0.5) is 0 Å². The van der Waals surface area contributed by atoms with Crippen LogP contribution in [0.25, 0.3) is 17.0 Å². The van der Waals surface area contributed by atoms with Crippen molar-refractivity contribution < 1.29 is 5.11 Å². The minimum atomic E-state index is -0.128. The third-order valence-electron chi connectivity index (χ3n) is 2.34. The van der Waals surface area contributed by atoms with Gasteiger partial charge in [0.25, 0.3) is 0 Å². The summed E-state index contributed by atoms with van der Waals surface area (Å²) in [6, 6.07) is 5.34. The van der Waals surface area contributed by atoms with Crippen molar-refractivity contribution >= 4 is 5.52 Å². The van der Waals surface area contributed by atoms with Gasteiger partial charge in [0.15, 0.2) is 17.0 Å². The molecule has 0 radical (unpaired) electrons. The molecule has 0 atom stereocenters. The summed E-state index contributed by atoms with van der Waals surface area (Å²) in [7, 11) is 0. The predicted molar refractivity (Wildman–Crippen MR) is 54.9 cm³/mol. The maximum Gasteiger partial charge on any atom is 0.236 e. The molecule has 0 saturated heterocycles. The normalized spacial score (nSPS) is 11.0. The molecule has 1 aromatic heterocycles. The quantitative estimate of drug-likeness (QED) is 0.529. The second-order valence-corrected chi connectivity index (χ2v) is 3.29. The van der Waals surface area contributed by atoms with Crippen molar-refractivity contribution in [1.82, 2.24) is 19.4 Å². The van der Waals surface area contributed by atoms with E-state index in [1.54, 1.807) is 22.7 Å². The van der Waals surface area contributed by atoms with Crippen LogP contribution in [0.3, 0.4) is 0 Å². The molecule has 2 aliphatic rings. The predicted octanol–water partition coefficient (Wildman–Crippen LogP) is 0.414. The lowest BCUT2D eigenvalue weighted by Gasteiger charge is -2.09. The van der Waals surface area contributed by atoms with Crippen molar-refractivity contribution in [2.45, 2.75) is 0 Å². The molecule has 0 aromatic carbocycles. The molecule has 3 rings (SSSR count). The van der Waals surface area contributed by atoms with Crippen LogP contribution in [0, 0.1) is 5.41 Å². The van der Waals surface area contributed by atoms with E-state index in [-0.39, 0.29) is 17.1 Å². The van der Waals surface area contributed by atoms with Crippen molar-refractivity contribution in [1.29, 1.82) is 5.41 Å². The number of aromatic hydroxyl groups is 1. The van der Waals surface area contributed by atoms with Crippen LogP contribution in [0.15, 0.2) is 30.7 Å². The van der Waals surface area contributed by atoms with Gasteiger partial charge < -0.3 is 5.11 Å². The van der Waals surface area contributed by atoms with E-state index in [9.17, 15) is 5.11 Å². The molecule has 6 heteroatoms. The Labute approximate surface area is 89.7 Å². The number of nitrogens with zero attached hydrogens (tertiary/aromatic N) is 4. The fraction of sp³-hybridized carbons (Fsp3) is 0. The van der Waals surface area contributed by atoms with Crippen molar-refractivity contribution in [2.75, 3.05) is 0 Å². The molecule has 0 spiro atoms. The van der Waals surface area contributed by atoms with Gasteiger partial charge in [-0.05, 0) is 12.1 Å². The minimum Gasteiger partial charge on any atom is -0.492 e. The van der Waals surface area contributed by atoms with Gasteiger partial charge in [-0.1, -0.05) is 6.07 Å². The number of nitrogens with one attached hydrogen (secondary N) is 1. The van der Waals surface area contributed by atoms with Crippen molar-refractivity contribution in [3.05, 3.63) is 36.2 Å². The first-order valence-electron chi connectivity index (χ1n) is 4.63. The lowest BCUT2D eigenvalue weighted by atomic mass is 10.3. The molecule has 2 aliphatic heterocycles. The zero-order valence-corrected chi connectivity index (χ0v) is 8.12. The van der Waals surface area contributed by atoms with Gasteiger partial charge in [-0.2, -0.15) is 0 Å². The summed E-state index contributed by atoms with van der Waals surface area (Å²) in [5.74, 6) is 0.379. The van der Waals surface area contributed by atoms with Gasteiger partial charge in [-0.25, -0.2) is 15.0 Å². The zero-order chi connectivity index (χ0) is 11.1. The SMILES string of the molecule is N=c1ncnc2n3ccccc3c(O)nc1-2. The van der Waals surface area contributed by atoms with E-state index in [0.29, 0.717) is 11.3 Å². The molecule has 0 fully saturated rings. The van der Waals surface area contributed by atoms with E-state index >= 15 is 0 Å². The van der Waals surface area contributed by atoms with E-state index in [2.05, 4.69) is 15.0 Å². The summed E-state index contributed by atoms with van der Waals surface area (Å²) >= 11 is 0. The Morgan fingerprint density at radius 1 is 1.25 bits per heavy atom. The summed E-state index contributed by atoms with van der Waals surface area (Å²) in [6.07, 6.45) is 3.06. The van der Waals surface area contributed by atoms with Crippen LogP contribution in [-0.4, -0.2) is 24.5 Å². The number of hydrogen-bond acceptors (Lipinski definition) is 5. The van der Waals surface area contributed by atoms with E-state index in [4.69, 9.17) is 5.41 Å². The first kappa shape index (κ1) is 8.78. The van der Waals surface area contributed by atoms with Crippen LogP contribution in [0.2, 0.25) is 0 Å². The fourth-order valence-corrected chi connectivity index (χ4v) is 1.62. The van der Waals surface area contributed by atoms with Gasteiger partial charge in [-0.15, -0.1) is 0 Å². The summed E-state index contributed by atoms with van der Waals surface area (Å²) < 4.78 is 1.68. The summed E-state index contributed by atoms with van der Waals surface area (Å²) in [6.45, 7) is 0. The number of rotatable bonds is 0. The Kier molecular flexibility index (Phi) is 1.64. The van der Waals surface area contributed by atoms with Crippen LogP contribution in [-0.2, 0) is 0 Å². The number of aromatic nitrogens is 4. The highest BCUT2D eigenvalue weighted by Gasteiger charge is 2.14. The summed E-state index contributed by atoms with van der Waals surface area (Å²) in [5.41, 5.74) is 0.829. The zero-order valence-electron chi connectivity index (χ0n) is 8.12. The minimum absolute atomic E-state index is 0.00134. The monoisotopic (exact) mass is 213 g/mol. The largest absolute Gasteiger partial charge is 0.492 e. The molecule has 16 heavy (non-hydrogen) atoms. The second-order valence-electron chi connectivity index (χ2n) is 3.29. The van der Waals surface area contributed by atoms with E-state index in [1.807, 2.05) is 6.07 Å². The molecule has 0 aliphatic carbocycles. The average molecular weight is 213 g/mol. The first-order chi connectivity index (χ1) is 7.77. The molecule has 0 unspecified atom stereocenters. The van der Waals surface area contributed by atoms with Crippen LogP contribution in [0.1, 0.15) is 0 Å². The summed E-state index contributed by atoms with van der Waals surface area (Å²) in [4.78, 5) is 11.7. The highest BCUT2D eigenvalue weighted by molar-refractivity contribution is 5.64. The number of pyridine rings is 1. The Hall–Kier alpha value is -2.50. The van der Waals surface area contributed by atoms with E-state index in [1.165, 1.54) is 6.33 Å². The Morgan fingerprint density at radius 3 is 3.00 bits per heavy atom. The second kappa shape index (κ2) is 2.99. The van der Waals surface area contributed by atoms with Crippen LogP contribution < -0.4 is 5.49 Å². The molecule has 2 N–H and O–H groups in total. The van der Waals surface area contributed by atoms with Gasteiger partial charge in [0.05, 0.1) is 0 Å². The number of hydrogen-bond donors (Lipinski definition) is 2. The van der Waals surface area contributed by atoms with Gasteiger partial charge in [-0.3, -0.25) is 9.81 Å². The van der Waals surface area contributed by atoms with Crippen LogP contribution in [0.5, 0.6) is 5.88 Å². The highest BCUT2D eigenvalue weighted by atomic mass is 16.3. The Bertz CT molecular complexity index is 705. The number of fused-ring (bicyclic) bond motifs is 3. The van der Waals surface area contributed by atoms with E-state index in [0.717, 1.165) is 0 Å². The standard InChI is InChI=1S/C10H7N5O/c11-8-7-9(13-5-12-8)15-4-2-1-3-6(15)10(16)14-7/h1-5,11,16H. The maximum atomic E-state index is 9.72. The lowest BCUT2D eigenvalue weighted by molar-refractivity contribution is 0.456. The van der Waals surface area contributed by atoms with Crippen molar-refractivity contribution in [3.63, 3.8) is 0 Å². The summed E-state index contributed by atoms with van der Waals surface area (Å²) in [5, 5.41) is 17.3. The molecule has 0 amide bonds. The van der Waals surface area contributed by atoms with E-state index < -0.39 is 0 Å². The Balaban J connectivity index is 2.63. The average Bonchev–Trinajstić information content (AvgIpc) is 2.31. The third kappa shape index (κ3) is 1.07. The molecule has 3 heterocycles. The molecule has 0 bridgehead atoms. The van der Waals surface area contributed by atoms with Gasteiger partial charge in [0.1, 0.15) is 11.8 Å².